The third kappa shape index (κ3) is 3.84. The van der Waals surface area contributed by atoms with Crippen LogP contribution in [0, 0.1) is 0 Å². The van der Waals surface area contributed by atoms with Gasteiger partial charge in [0.25, 0.3) is 0 Å². The SMILES string of the molecule is Cn1nccc1CNCC(=O)NC1CCCCC1. The molecule has 0 atom stereocenters. The normalized spacial score (nSPS) is 16.7. The molecule has 1 aromatic heterocycles. The van der Waals surface area contributed by atoms with E-state index < -0.39 is 0 Å². The van der Waals surface area contributed by atoms with Gasteiger partial charge in [0.05, 0.1) is 12.2 Å². The molecule has 100 valence electrons. The average molecular weight is 250 g/mol. The minimum Gasteiger partial charge on any atom is -0.352 e. The summed E-state index contributed by atoms with van der Waals surface area (Å²) in [6.45, 7) is 1.05. The molecule has 1 aliphatic rings. The van der Waals surface area contributed by atoms with E-state index >= 15 is 0 Å². The molecule has 5 heteroatoms. The van der Waals surface area contributed by atoms with E-state index in [2.05, 4.69) is 15.7 Å². The number of carbonyl (C=O) groups excluding carboxylic acids is 1. The van der Waals surface area contributed by atoms with Crippen LogP contribution in [0.3, 0.4) is 0 Å². The second-order valence-corrected chi connectivity index (χ2v) is 4.95. The van der Waals surface area contributed by atoms with E-state index in [0.29, 0.717) is 19.1 Å². The van der Waals surface area contributed by atoms with Crippen molar-refractivity contribution in [3.8, 4) is 0 Å². The molecule has 1 amide bonds. The second-order valence-electron chi connectivity index (χ2n) is 4.95. The van der Waals surface area contributed by atoms with Crippen molar-refractivity contribution < 1.29 is 4.79 Å². The molecule has 18 heavy (non-hydrogen) atoms. The maximum Gasteiger partial charge on any atom is 0.234 e. The summed E-state index contributed by atoms with van der Waals surface area (Å²) in [7, 11) is 1.90. The van der Waals surface area contributed by atoms with Gasteiger partial charge in [-0.1, -0.05) is 19.3 Å². The molecule has 0 saturated heterocycles. The van der Waals surface area contributed by atoms with Gasteiger partial charge in [-0.3, -0.25) is 9.48 Å². The Morgan fingerprint density at radius 1 is 1.44 bits per heavy atom. The molecule has 1 heterocycles. The summed E-state index contributed by atoms with van der Waals surface area (Å²) in [5, 5.41) is 10.3. The van der Waals surface area contributed by atoms with Crippen molar-refractivity contribution in [3.63, 3.8) is 0 Å². The van der Waals surface area contributed by atoms with E-state index in [0.717, 1.165) is 18.5 Å². The van der Waals surface area contributed by atoms with E-state index in [1.165, 1.54) is 19.3 Å². The number of aromatic nitrogens is 2. The van der Waals surface area contributed by atoms with Crippen LogP contribution >= 0.6 is 0 Å². The standard InChI is InChI=1S/C13H22N4O/c1-17-12(7-8-15-17)9-14-10-13(18)16-11-5-3-2-4-6-11/h7-8,11,14H,2-6,9-10H2,1H3,(H,16,18). The van der Waals surface area contributed by atoms with Gasteiger partial charge in [0.15, 0.2) is 0 Å². The van der Waals surface area contributed by atoms with Gasteiger partial charge in [0.1, 0.15) is 0 Å². The lowest BCUT2D eigenvalue weighted by Gasteiger charge is -2.22. The molecule has 0 aliphatic heterocycles. The van der Waals surface area contributed by atoms with Crippen molar-refractivity contribution in [1.29, 1.82) is 0 Å². The molecule has 1 aliphatic carbocycles. The van der Waals surface area contributed by atoms with Gasteiger partial charge >= 0.3 is 0 Å². The zero-order valence-corrected chi connectivity index (χ0v) is 11.0. The molecule has 0 radical (unpaired) electrons. The van der Waals surface area contributed by atoms with Gasteiger partial charge < -0.3 is 10.6 Å². The van der Waals surface area contributed by atoms with Gasteiger partial charge in [0.2, 0.25) is 5.91 Å². The quantitative estimate of drug-likeness (QED) is 0.818. The maximum absolute atomic E-state index is 11.7. The number of hydrogen-bond acceptors (Lipinski definition) is 3. The highest BCUT2D eigenvalue weighted by Gasteiger charge is 2.15. The number of amides is 1. The lowest BCUT2D eigenvalue weighted by atomic mass is 9.95. The van der Waals surface area contributed by atoms with Crippen LogP contribution in [-0.4, -0.2) is 28.3 Å². The summed E-state index contributed by atoms with van der Waals surface area (Å²) in [6, 6.07) is 2.34. The molecule has 1 aromatic rings. The van der Waals surface area contributed by atoms with Gasteiger partial charge in [-0.25, -0.2) is 0 Å². The van der Waals surface area contributed by atoms with Gasteiger partial charge in [0, 0.05) is 25.8 Å². The Bertz CT molecular complexity index is 382. The summed E-state index contributed by atoms with van der Waals surface area (Å²) in [5.41, 5.74) is 1.08. The first kappa shape index (κ1) is 13.1. The second kappa shape index (κ2) is 6.54. The highest BCUT2D eigenvalue weighted by molar-refractivity contribution is 5.78. The highest BCUT2D eigenvalue weighted by atomic mass is 16.1. The van der Waals surface area contributed by atoms with E-state index in [1.807, 2.05) is 17.8 Å². The fraction of sp³-hybridized carbons (Fsp3) is 0.692. The predicted molar refractivity (Wildman–Crippen MR) is 69.9 cm³/mol. The van der Waals surface area contributed by atoms with Crippen LogP contribution in [0.1, 0.15) is 37.8 Å². The van der Waals surface area contributed by atoms with Crippen LogP contribution in [0.2, 0.25) is 0 Å². The summed E-state index contributed by atoms with van der Waals surface area (Å²) < 4.78 is 1.81. The molecular formula is C13H22N4O. The zero-order valence-electron chi connectivity index (χ0n) is 11.0. The lowest BCUT2D eigenvalue weighted by molar-refractivity contribution is -0.121. The lowest BCUT2D eigenvalue weighted by Crippen LogP contribution is -2.41. The number of carbonyl (C=O) groups is 1. The van der Waals surface area contributed by atoms with Gasteiger partial charge in [-0.15, -0.1) is 0 Å². The first-order chi connectivity index (χ1) is 8.75. The van der Waals surface area contributed by atoms with Crippen molar-refractivity contribution in [2.24, 2.45) is 7.05 Å². The number of nitrogens with one attached hydrogen (secondary N) is 2. The Balaban J connectivity index is 1.64. The van der Waals surface area contributed by atoms with E-state index in [4.69, 9.17) is 0 Å². The van der Waals surface area contributed by atoms with Crippen LogP contribution < -0.4 is 10.6 Å². The molecule has 0 unspecified atom stereocenters. The third-order valence-corrected chi connectivity index (χ3v) is 3.48. The number of rotatable bonds is 5. The Morgan fingerprint density at radius 2 is 2.22 bits per heavy atom. The first-order valence-electron chi connectivity index (χ1n) is 6.72. The first-order valence-corrected chi connectivity index (χ1v) is 6.72. The molecule has 2 N–H and O–H groups in total. The molecule has 1 saturated carbocycles. The molecule has 1 fully saturated rings. The predicted octanol–water partition coefficient (Wildman–Crippen LogP) is 0.959. The van der Waals surface area contributed by atoms with Crippen LogP contribution in [0.4, 0.5) is 0 Å². The Kier molecular flexibility index (Phi) is 4.75. The summed E-state index contributed by atoms with van der Waals surface area (Å²) in [4.78, 5) is 11.7. The van der Waals surface area contributed by atoms with Crippen molar-refractivity contribution in [3.05, 3.63) is 18.0 Å². The maximum atomic E-state index is 11.7. The zero-order chi connectivity index (χ0) is 12.8. The molecule has 0 aromatic carbocycles. The smallest absolute Gasteiger partial charge is 0.234 e. The van der Waals surface area contributed by atoms with Crippen LogP contribution in [0.25, 0.3) is 0 Å². The summed E-state index contributed by atoms with van der Waals surface area (Å²) >= 11 is 0. The topological polar surface area (TPSA) is 59.0 Å². The Labute approximate surface area is 108 Å². The fourth-order valence-electron chi connectivity index (χ4n) is 2.40. The van der Waals surface area contributed by atoms with E-state index in [9.17, 15) is 4.79 Å². The van der Waals surface area contributed by atoms with Crippen LogP contribution in [0.15, 0.2) is 12.3 Å². The van der Waals surface area contributed by atoms with Crippen molar-refractivity contribution >= 4 is 5.91 Å². The third-order valence-electron chi connectivity index (χ3n) is 3.48. The van der Waals surface area contributed by atoms with Gasteiger partial charge in [-0.2, -0.15) is 5.10 Å². The number of nitrogens with zero attached hydrogens (tertiary/aromatic N) is 2. The number of hydrogen-bond donors (Lipinski definition) is 2. The largest absolute Gasteiger partial charge is 0.352 e. The Morgan fingerprint density at radius 3 is 2.89 bits per heavy atom. The molecule has 0 spiro atoms. The Hall–Kier alpha value is -1.36. The number of aryl methyl sites for hydroxylation is 1. The van der Waals surface area contributed by atoms with Gasteiger partial charge in [-0.05, 0) is 18.9 Å². The van der Waals surface area contributed by atoms with Crippen molar-refractivity contribution in [1.82, 2.24) is 20.4 Å². The van der Waals surface area contributed by atoms with Crippen LogP contribution in [-0.2, 0) is 18.4 Å². The van der Waals surface area contributed by atoms with Crippen molar-refractivity contribution in [2.75, 3.05) is 6.54 Å². The monoisotopic (exact) mass is 250 g/mol. The van der Waals surface area contributed by atoms with E-state index in [1.54, 1.807) is 6.20 Å². The van der Waals surface area contributed by atoms with Crippen LogP contribution in [0.5, 0.6) is 0 Å². The van der Waals surface area contributed by atoms with E-state index in [-0.39, 0.29) is 5.91 Å². The fourth-order valence-corrected chi connectivity index (χ4v) is 2.40. The minimum absolute atomic E-state index is 0.101. The molecule has 5 nitrogen and oxygen atoms in total. The summed E-state index contributed by atoms with van der Waals surface area (Å²) in [6.07, 6.45) is 7.83. The average Bonchev–Trinajstić information content (AvgIpc) is 2.76. The van der Waals surface area contributed by atoms with Crippen molar-refractivity contribution in [2.45, 2.75) is 44.7 Å². The highest BCUT2D eigenvalue weighted by Crippen LogP contribution is 2.17. The minimum atomic E-state index is 0.101. The molecule has 0 bridgehead atoms. The molecule has 2 rings (SSSR count). The molecular weight excluding hydrogens is 228 g/mol. The summed E-state index contributed by atoms with van der Waals surface area (Å²) in [5.74, 6) is 0.101.